The fourth-order valence-corrected chi connectivity index (χ4v) is 4.16. The largest absolute Gasteiger partial charge is 0.343 e. The maximum Gasteiger partial charge on any atom is 0.224 e. The van der Waals surface area contributed by atoms with Crippen molar-refractivity contribution in [2.24, 2.45) is 5.92 Å². The summed E-state index contributed by atoms with van der Waals surface area (Å²) >= 11 is 0. The second-order valence-corrected chi connectivity index (χ2v) is 8.03. The zero-order valence-electron chi connectivity index (χ0n) is 16.7. The molecule has 0 aliphatic carbocycles. The van der Waals surface area contributed by atoms with Gasteiger partial charge in [0.15, 0.2) is 0 Å². The number of aromatic nitrogens is 2. The Balaban J connectivity index is 1.22. The zero-order valence-corrected chi connectivity index (χ0v) is 16.7. The molecule has 2 heterocycles. The van der Waals surface area contributed by atoms with Crippen LogP contribution in [-0.4, -0.2) is 33.4 Å². The van der Waals surface area contributed by atoms with Crippen molar-refractivity contribution in [2.75, 3.05) is 13.1 Å². The standard InChI is InChI=1S/C24H29N3O/c1-19-6-8-20(9-7-19)10-11-21-12-15-26(16-13-21)24(28)14-17-27-18-25-22-4-2-3-5-23(22)27/h2-9,18,21H,10-17H2,1H3. The summed E-state index contributed by atoms with van der Waals surface area (Å²) < 4.78 is 2.08. The van der Waals surface area contributed by atoms with Gasteiger partial charge in [-0.3, -0.25) is 4.79 Å². The summed E-state index contributed by atoms with van der Waals surface area (Å²) in [6.45, 7) is 4.64. The summed E-state index contributed by atoms with van der Waals surface area (Å²) in [6, 6.07) is 17.0. The Morgan fingerprint density at radius 1 is 1.07 bits per heavy atom. The SMILES string of the molecule is Cc1ccc(CCC2CCN(C(=O)CCn3cnc4ccccc43)CC2)cc1. The topological polar surface area (TPSA) is 38.1 Å². The van der Waals surface area contributed by atoms with Crippen LogP contribution in [0.25, 0.3) is 11.0 Å². The molecule has 0 radical (unpaired) electrons. The second kappa shape index (κ2) is 8.59. The number of carbonyl (C=O) groups is 1. The first-order chi connectivity index (χ1) is 13.7. The summed E-state index contributed by atoms with van der Waals surface area (Å²) in [5, 5.41) is 0. The molecule has 4 heteroatoms. The number of para-hydroxylation sites is 2. The van der Waals surface area contributed by atoms with E-state index >= 15 is 0 Å². The molecule has 1 aliphatic rings. The van der Waals surface area contributed by atoms with Gasteiger partial charge in [0.1, 0.15) is 0 Å². The number of carbonyl (C=O) groups excluding carboxylic acids is 1. The first-order valence-corrected chi connectivity index (χ1v) is 10.4. The van der Waals surface area contributed by atoms with Crippen LogP contribution in [0.5, 0.6) is 0 Å². The van der Waals surface area contributed by atoms with E-state index in [4.69, 9.17) is 0 Å². The Labute approximate surface area is 167 Å². The van der Waals surface area contributed by atoms with Crippen LogP contribution >= 0.6 is 0 Å². The van der Waals surface area contributed by atoms with Crippen LogP contribution in [0, 0.1) is 12.8 Å². The van der Waals surface area contributed by atoms with Crippen molar-refractivity contribution in [1.29, 1.82) is 0 Å². The Morgan fingerprint density at radius 3 is 2.61 bits per heavy atom. The lowest BCUT2D eigenvalue weighted by molar-refractivity contribution is -0.132. The lowest BCUT2D eigenvalue weighted by atomic mass is 9.90. The lowest BCUT2D eigenvalue weighted by Crippen LogP contribution is -2.38. The number of piperidine rings is 1. The molecule has 3 aromatic rings. The van der Waals surface area contributed by atoms with Crippen molar-refractivity contribution >= 4 is 16.9 Å². The number of nitrogens with zero attached hydrogens (tertiary/aromatic N) is 3. The first kappa shape index (κ1) is 18.7. The molecule has 1 aliphatic heterocycles. The van der Waals surface area contributed by atoms with Crippen LogP contribution in [0.3, 0.4) is 0 Å². The Morgan fingerprint density at radius 2 is 1.82 bits per heavy atom. The number of rotatable bonds is 6. The third-order valence-corrected chi connectivity index (χ3v) is 6.02. The van der Waals surface area contributed by atoms with Gasteiger partial charge in [0.25, 0.3) is 0 Å². The average Bonchev–Trinajstić information content (AvgIpc) is 3.15. The van der Waals surface area contributed by atoms with Gasteiger partial charge in [-0.2, -0.15) is 0 Å². The van der Waals surface area contributed by atoms with Gasteiger partial charge in [-0.05, 0) is 56.2 Å². The normalized spacial score (nSPS) is 15.2. The highest BCUT2D eigenvalue weighted by Gasteiger charge is 2.22. The number of hydrogen-bond acceptors (Lipinski definition) is 2. The molecule has 0 saturated carbocycles. The summed E-state index contributed by atoms with van der Waals surface area (Å²) in [6.07, 6.45) is 7.03. The van der Waals surface area contributed by atoms with Gasteiger partial charge < -0.3 is 9.47 Å². The number of amides is 1. The molecular weight excluding hydrogens is 346 g/mol. The monoisotopic (exact) mass is 375 g/mol. The van der Waals surface area contributed by atoms with E-state index in [1.807, 2.05) is 24.5 Å². The van der Waals surface area contributed by atoms with Crippen LogP contribution in [0.15, 0.2) is 54.9 Å². The molecule has 0 N–H and O–H groups in total. The molecule has 1 aromatic heterocycles. The highest BCUT2D eigenvalue weighted by Crippen LogP contribution is 2.23. The van der Waals surface area contributed by atoms with Crippen molar-refractivity contribution < 1.29 is 4.79 Å². The van der Waals surface area contributed by atoms with Crippen LogP contribution in [0.2, 0.25) is 0 Å². The maximum absolute atomic E-state index is 12.6. The highest BCUT2D eigenvalue weighted by atomic mass is 16.2. The summed E-state index contributed by atoms with van der Waals surface area (Å²) in [4.78, 5) is 19.1. The van der Waals surface area contributed by atoms with E-state index in [0.717, 1.165) is 49.3 Å². The fourth-order valence-electron chi connectivity index (χ4n) is 4.16. The molecule has 0 atom stereocenters. The Bertz CT molecular complexity index is 920. The van der Waals surface area contributed by atoms with E-state index in [2.05, 4.69) is 51.7 Å². The third-order valence-electron chi connectivity index (χ3n) is 6.02. The molecule has 0 spiro atoms. The van der Waals surface area contributed by atoms with Gasteiger partial charge in [0, 0.05) is 26.1 Å². The molecule has 146 valence electrons. The molecule has 1 fully saturated rings. The van der Waals surface area contributed by atoms with Crippen molar-refractivity contribution in [2.45, 2.75) is 45.6 Å². The van der Waals surface area contributed by atoms with E-state index in [-0.39, 0.29) is 5.91 Å². The maximum atomic E-state index is 12.6. The van der Waals surface area contributed by atoms with E-state index in [1.54, 1.807) is 0 Å². The van der Waals surface area contributed by atoms with Crippen molar-refractivity contribution in [1.82, 2.24) is 14.5 Å². The molecule has 1 saturated heterocycles. The molecule has 0 unspecified atom stereocenters. The van der Waals surface area contributed by atoms with Crippen molar-refractivity contribution in [3.63, 3.8) is 0 Å². The summed E-state index contributed by atoms with van der Waals surface area (Å²) in [5.74, 6) is 1.01. The number of likely N-dealkylation sites (tertiary alicyclic amines) is 1. The van der Waals surface area contributed by atoms with Gasteiger partial charge in [-0.25, -0.2) is 4.98 Å². The van der Waals surface area contributed by atoms with Gasteiger partial charge in [0.05, 0.1) is 17.4 Å². The first-order valence-electron chi connectivity index (χ1n) is 10.4. The molecule has 4 nitrogen and oxygen atoms in total. The molecule has 28 heavy (non-hydrogen) atoms. The minimum Gasteiger partial charge on any atom is -0.343 e. The molecular formula is C24H29N3O. The number of hydrogen-bond donors (Lipinski definition) is 0. The Kier molecular flexibility index (Phi) is 5.75. The van der Waals surface area contributed by atoms with E-state index in [1.165, 1.54) is 17.5 Å². The van der Waals surface area contributed by atoms with E-state index in [9.17, 15) is 4.79 Å². The van der Waals surface area contributed by atoms with Crippen LogP contribution in [-0.2, 0) is 17.8 Å². The fraction of sp³-hybridized carbons (Fsp3) is 0.417. The van der Waals surface area contributed by atoms with Gasteiger partial charge in [0.2, 0.25) is 5.91 Å². The van der Waals surface area contributed by atoms with Gasteiger partial charge in [-0.15, -0.1) is 0 Å². The predicted octanol–water partition coefficient (Wildman–Crippen LogP) is 4.61. The third kappa shape index (κ3) is 4.44. The number of aryl methyl sites for hydroxylation is 3. The smallest absolute Gasteiger partial charge is 0.224 e. The van der Waals surface area contributed by atoms with Crippen LogP contribution < -0.4 is 0 Å². The number of fused-ring (bicyclic) bond motifs is 1. The number of imidazole rings is 1. The van der Waals surface area contributed by atoms with Crippen molar-refractivity contribution in [3.8, 4) is 0 Å². The summed E-state index contributed by atoms with van der Waals surface area (Å²) in [5.41, 5.74) is 4.84. The predicted molar refractivity (Wildman–Crippen MR) is 113 cm³/mol. The van der Waals surface area contributed by atoms with E-state index < -0.39 is 0 Å². The van der Waals surface area contributed by atoms with Crippen LogP contribution in [0.1, 0.15) is 36.8 Å². The number of benzene rings is 2. The molecule has 1 amide bonds. The molecule has 2 aromatic carbocycles. The second-order valence-electron chi connectivity index (χ2n) is 8.03. The van der Waals surface area contributed by atoms with Gasteiger partial charge in [-0.1, -0.05) is 42.0 Å². The minimum absolute atomic E-state index is 0.273. The van der Waals surface area contributed by atoms with Crippen LogP contribution in [0.4, 0.5) is 0 Å². The molecule has 4 rings (SSSR count). The quantitative estimate of drug-likeness (QED) is 0.631. The minimum atomic E-state index is 0.273. The van der Waals surface area contributed by atoms with Crippen molar-refractivity contribution in [3.05, 3.63) is 66.0 Å². The van der Waals surface area contributed by atoms with Gasteiger partial charge >= 0.3 is 0 Å². The lowest BCUT2D eigenvalue weighted by Gasteiger charge is -2.32. The summed E-state index contributed by atoms with van der Waals surface area (Å²) in [7, 11) is 0. The average molecular weight is 376 g/mol. The zero-order chi connectivity index (χ0) is 19.3. The highest BCUT2D eigenvalue weighted by molar-refractivity contribution is 5.77. The molecule has 0 bridgehead atoms. The Hall–Kier alpha value is -2.62. The van der Waals surface area contributed by atoms with E-state index in [0.29, 0.717) is 13.0 Å².